The fourth-order valence-electron chi connectivity index (χ4n) is 2.31. The van der Waals surface area contributed by atoms with Gasteiger partial charge < -0.3 is 10.6 Å². The lowest BCUT2D eigenvalue weighted by atomic mass is 10.1. The number of nitrogens with zero attached hydrogens (tertiary/aromatic N) is 1. The van der Waals surface area contributed by atoms with Crippen LogP contribution in [0.25, 0.3) is 0 Å². The minimum atomic E-state index is -0.410. The quantitative estimate of drug-likeness (QED) is 0.612. The van der Waals surface area contributed by atoms with Crippen LogP contribution < -0.4 is 10.6 Å². The molecule has 3 aromatic rings. The maximum Gasteiger partial charge on any atom is 0.244 e. The highest BCUT2D eigenvalue weighted by molar-refractivity contribution is 8.00. The third-order valence-corrected chi connectivity index (χ3v) is 5.39. The van der Waals surface area contributed by atoms with E-state index in [4.69, 9.17) is 0 Å². The average molecular weight is 383 g/mol. The predicted molar refractivity (Wildman–Crippen MR) is 107 cm³/mol. The number of carbonyl (C=O) groups is 2. The first-order valence-corrected chi connectivity index (χ1v) is 9.67. The van der Waals surface area contributed by atoms with Crippen molar-refractivity contribution in [3.63, 3.8) is 0 Å². The van der Waals surface area contributed by atoms with E-state index in [0.29, 0.717) is 5.13 Å². The number of anilines is 2. The molecule has 132 valence electrons. The number of hydrogen-bond donors (Lipinski definition) is 2. The Morgan fingerprint density at radius 1 is 1.04 bits per heavy atom. The number of rotatable bonds is 6. The monoisotopic (exact) mass is 383 g/mol. The van der Waals surface area contributed by atoms with E-state index in [-0.39, 0.29) is 11.8 Å². The van der Waals surface area contributed by atoms with Crippen molar-refractivity contribution >= 4 is 45.7 Å². The van der Waals surface area contributed by atoms with E-state index in [1.54, 1.807) is 6.20 Å². The molecular weight excluding hydrogens is 366 g/mol. The topological polar surface area (TPSA) is 71.1 Å². The zero-order chi connectivity index (χ0) is 18.4. The molecule has 0 fully saturated rings. The number of benzene rings is 2. The van der Waals surface area contributed by atoms with Crippen molar-refractivity contribution in [3.8, 4) is 0 Å². The highest BCUT2D eigenvalue weighted by Crippen LogP contribution is 2.36. The minimum Gasteiger partial charge on any atom is -0.326 e. The van der Waals surface area contributed by atoms with Gasteiger partial charge in [-0.3, -0.25) is 9.59 Å². The number of aromatic nitrogens is 1. The number of thiazole rings is 1. The van der Waals surface area contributed by atoms with E-state index < -0.39 is 5.25 Å². The van der Waals surface area contributed by atoms with Crippen LogP contribution in [-0.2, 0) is 9.59 Å². The predicted octanol–water partition coefficient (Wildman–Crippen LogP) is 4.57. The van der Waals surface area contributed by atoms with Crippen molar-refractivity contribution in [1.29, 1.82) is 0 Å². The molecule has 1 unspecified atom stereocenters. The normalized spacial score (nSPS) is 11.6. The summed E-state index contributed by atoms with van der Waals surface area (Å²) < 4.78 is 0. The second-order valence-electron chi connectivity index (χ2n) is 5.44. The van der Waals surface area contributed by atoms with Crippen molar-refractivity contribution in [1.82, 2.24) is 4.98 Å². The van der Waals surface area contributed by atoms with Crippen LogP contribution in [0.3, 0.4) is 0 Å². The summed E-state index contributed by atoms with van der Waals surface area (Å²) in [5.74, 6) is -0.238. The fraction of sp³-hybridized carbons (Fsp3) is 0.105. The average Bonchev–Trinajstić information content (AvgIpc) is 3.14. The minimum absolute atomic E-state index is 0.115. The largest absolute Gasteiger partial charge is 0.326 e. The molecule has 1 aromatic heterocycles. The number of hydrogen-bond acceptors (Lipinski definition) is 5. The van der Waals surface area contributed by atoms with Crippen molar-refractivity contribution in [2.75, 3.05) is 10.6 Å². The molecular formula is C19H17N3O2S2. The van der Waals surface area contributed by atoms with Gasteiger partial charge in [0.15, 0.2) is 5.13 Å². The van der Waals surface area contributed by atoms with Crippen LogP contribution in [0.5, 0.6) is 0 Å². The molecule has 3 rings (SSSR count). The van der Waals surface area contributed by atoms with Crippen LogP contribution in [0.1, 0.15) is 17.7 Å². The molecule has 0 bridgehead atoms. The summed E-state index contributed by atoms with van der Waals surface area (Å²) in [6, 6.07) is 17.1. The van der Waals surface area contributed by atoms with Crippen LogP contribution in [0.2, 0.25) is 0 Å². The van der Waals surface area contributed by atoms with Gasteiger partial charge in [-0.25, -0.2) is 4.98 Å². The summed E-state index contributed by atoms with van der Waals surface area (Å²) in [5.41, 5.74) is 1.64. The maximum atomic E-state index is 12.8. The first-order valence-electron chi connectivity index (χ1n) is 7.91. The third-order valence-electron chi connectivity index (χ3n) is 3.43. The second-order valence-corrected chi connectivity index (χ2v) is 7.51. The van der Waals surface area contributed by atoms with Crippen LogP contribution >= 0.6 is 23.1 Å². The van der Waals surface area contributed by atoms with Crippen LogP contribution in [0.4, 0.5) is 10.8 Å². The first-order chi connectivity index (χ1) is 12.6. The first kappa shape index (κ1) is 18.2. The zero-order valence-corrected chi connectivity index (χ0v) is 15.6. The number of carbonyl (C=O) groups excluding carboxylic acids is 2. The van der Waals surface area contributed by atoms with Gasteiger partial charge >= 0.3 is 0 Å². The van der Waals surface area contributed by atoms with Crippen molar-refractivity contribution in [2.45, 2.75) is 17.1 Å². The Balaban J connectivity index is 1.79. The van der Waals surface area contributed by atoms with Crippen molar-refractivity contribution in [2.24, 2.45) is 0 Å². The lowest BCUT2D eigenvalue weighted by Crippen LogP contribution is -2.18. The van der Waals surface area contributed by atoms with E-state index in [1.165, 1.54) is 30.0 Å². The summed E-state index contributed by atoms with van der Waals surface area (Å²) in [4.78, 5) is 29.0. The third kappa shape index (κ3) is 4.93. The van der Waals surface area contributed by atoms with Crippen LogP contribution in [0.15, 0.2) is 71.1 Å². The van der Waals surface area contributed by atoms with Gasteiger partial charge in [-0.15, -0.1) is 23.1 Å². The maximum absolute atomic E-state index is 12.8. The van der Waals surface area contributed by atoms with Crippen LogP contribution in [-0.4, -0.2) is 16.8 Å². The fourth-order valence-corrected chi connectivity index (χ4v) is 3.87. The molecule has 0 spiro atoms. The highest BCUT2D eigenvalue weighted by atomic mass is 32.2. The molecule has 0 saturated heterocycles. The Bertz CT molecular complexity index is 866. The summed E-state index contributed by atoms with van der Waals surface area (Å²) in [6.07, 6.45) is 1.66. The molecule has 5 nitrogen and oxygen atoms in total. The Morgan fingerprint density at radius 2 is 1.77 bits per heavy atom. The molecule has 0 saturated carbocycles. The van der Waals surface area contributed by atoms with Gasteiger partial charge in [-0.2, -0.15) is 0 Å². The molecule has 2 N–H and O–H groups in total. The molecule has 26 heavy (non-hydrogen) atoms. The molecule has 2 amide bonds. The Morgan fingerprint density at radius 3 is 2.38 bits per heavy atom. The van der Waals surface area contributed by atoms with E-state index in [1.807, 2.05) is 60.0 Å². The van der Waals surface area contributed by atoms with Gasteiger partial charge in [0, 0.05) is 29.1 Å². The van der Waals surface area contributed by atoms with Gasteiger partial charge in [-0.05, 0) is 29.8 Å². The molecule has 0 radical (unpaired) electrons. The number of thioether (sulfide) groups is 1. The molecule has 0 aliphatic carbocycles. The van der Waals surface area contributed by atoms with Crippen molar-refractivity contribution in [3.05, 3.63) is 71.7 Å². The van der Waals surface area contributed by atoms with Gasteiger partial charge in [0.1, 0.15) is 5.25 Å². The Hall–Kier alpha value is -2.64. The van der Waals surface area contributed by atoms with E-state index in [0.717, 1.165) is 16.1 Å². The SMILES string of the molecule is CC(=O)Nc1ccc(SC(C(=O)Nc2nccs2)c2ccccc2)cc1. The molecule has 1 heterocycles. The van der Waals surface area contributed by atoms with Crippen LogP contribution in [0, 0.1) is 0 Å². The standard InChI is InChI=1S/C19H17N3O2S2/c1-13(23)21-15-7-9-16(10-8-15)26-17(14-5-3-2-4-6-14)18(24)22-19-20-11-12-25-19/h2-12,17H,1H3,(H,21,23)(H,20,22,24). The lowest BCUT2D eigenvalue weighted by Gasteiger charge is -2.16. The van der Waals surface area contributed by atoms with Gasteiger partial charge in [-0.1, -0.05) is 30.3 Å². The molecule has 0 aliphatic heterocycles. The van der Waals surface area contributed by atoms with E-state index >= 15 is 0 Å². The Labute approximate surface area is 159 Å². The highest BCUT2D eigenvalue weighted by Gasteiger charge is 2.22. The number of nitrogens with one attached hydrogen (secondary N) is 2. The zero-order valence-electron chi connectivity index (χ0n) is 14.0. The lowest BCUT2D eigenvalue weighted by molar-refractivity contribution is -0.116. The summed E-state index contributed by atoms with van der Waals surface area (Å²) >= 11 is 2.84. The molecule has 7 heteroatoms. The summed E-state index contributed by atoms with van der Waals surface area (Å²) in [7, 11) is 0. The smallest absolute Gasteiger partial charge is 0.244 e. The van der Waals surface area contributed by atoms with Gasteiger partial charge in [0.25, 0.3) is 0 Å². The van der Waals surface area contributed by atoms with E-state index in [2.05, 4.69) is 15.6 Å². The van der Waals surface area contributed by atoms with Crippen molar-refractivity contribution < 1.29 is 9.59 Å². The summed E-state index contributed by atoms with van der Waals surface area (Å²) in [6.45, 7) is 1.47. The van der Waals surface area contributed by atoms with Gasteiger partial charge in [0.05, 0.1) is 0 Å². The molecule has 2 aromatic carbocycles. The second kappa shape index (κ2) is 8.64. The van der Waals surface area contributed by atoms with E-state index in [9.17, 15) is 9.59 Å². The number of amides is 2. The molecule has 1 atom stereocenters. The molecule has 0 aliphatic rings. The Kier molecular flexibility index (Phi) is 6.04. The van der Waals surface area contributed by atoms with Gasteiger partial charge in [0.2, 0.25) is 11.8 Å². The summed E-state index contributed by atoms with van der Waals surface area (Å²) in [5, 5.41) is 7.60.